The Kier molecular flexibility index (Phi) is 3.87. The van der Waals surface area contributed by atoms with Gasteiger partial charge in [0.2, 0.25) is 11.8 Å². The van der Waals surface area contributed by atoms with E-state index in [0.717, 1.165) is 30.4 Å². The second kappa shape index (κ2) is 6.16. The van der Waals surface area contributed by atoms with Crippen LogP contribution in [0.4, 0.5) is 0 Å². The molecule has 4 rings (SSSR count). The van der Waals surface area contributed by atoms with Crippen LogP contribution >= 0.6 is 0 Å². The predicted molar refractivity (Wildman–Crippen MR) is 86.4 cm³/mol. The van der Waals surface area contributed by atoms with E-state index in [-0.39, 0.29) is 6.10 Å². The average Bonchev–Trinajstić information content (AvgIpc) is 3.13. The van der Waals surface area contributed by atoms with E-state index in [1.54, 1.807) is 19.5 Å². The van der Waals surface area contributed by atoms with Crippen molar-refractivity contribution in [3.63, 3.8) is 0 Å². The minimum absolute atomic E-state index is 0.243. The van der Waals surface area contributed by atoms with Crippen LogP contribution in [0.5, 0.6) is 11.8 Å². The Hall–Kier alpha value is -2.14. The molecule has 0 amide bonds. The molecule has 0 unspecified atom stereocenters. The summed E-state index contributed by atoms with van der Waals surface area (Å²) in [6.45, 7) is 1.93. The minimum atomic E-state index is 0.243. The molecule has 1 saturated carbocycles. The zero-order valence-electron chi connectivity index (χ0n) is 13.3. The van der Waals surface area contributed by atoms with Crippen LogP contribution in [-0.4, -0.2) is 40.7 Å². The number of nitrogens with zero attached hydrogens (tertiary/aromatic N) is 3. The highest BCUT2D eigenvalue weighted by Crippen LogP contribution is 2.41. The van der Waals surface area contributed by atoms with Crippen molar-refractivity contribution in [1.29, 1.82) is 0 Å². The van der Waals surface area contributed by atoms with Gasteiger partial charge in [0.25, 0.3) is 0 Å². The summed E-state index contributed by atoms with van der Waals surface area (Å²) in [6, 6.07) is 10.3. The maximum atomic E-state index is 6.19. The first-order valence-electron chi connectivity index (χ1n) is 8.15. The SMILES string of the molecule is COc1ncccc1CN1C[C@H]2CC[C@H]1[C@@H]2Oc1ccccn1. The molecular weight excluding hydrogens is 290 g/mol. The fraction of sp³-hybridized carbons (Fsp3) is 0.444. The van der Waals surface area contributed by atoms with Crippen molar-refractivity contribution < 1.29 is 9.47 Å². The fourth-order valence-corrected chi connectivity index (χ4v) is 3.91. The van der Waals surface area contributed by atoms with Crippen molar-refractivity contribution in [2.24, 2.45) is 5.92 Å². The number of hydrogen-bond acceptors (Lipinski definition) is 5. The lowest BCUT2D eigenvalue weighted by Gasteiger charge is -2.27. The minimum Gasteiger partial charge on any atom is -0.481 e. The van der Waals surface area contributed by atoms with Gasteiger partial charge < -0.3 is 9.47 Å². The van der Waals surface area contributed by atoms with Crippen LogP contribution < -0.4 is 9.47 Å². The van der Waals surface area contributed by atoms with Crippen molar-refractivity contribution in [2.45, 2.75) is 31.5 Å². The average molecular weight is 311 g/mol. The lowest BCUT2D eigenvalue weighted by Crippen LogP contribution is -2.36. The van der Waals surface area contributed by atoms with Gasteiger partial charge in [-0.3, -0.25) is 4.90 Å². The lowest BCUT2D eigenvalue weighted by atomic mass is 10.1. The standard InChI is InChI=1S/C18H21N3O2/c1-22-18-14(5-4-10-20-18)12-21-11-13-7-8-15(21)17(13)23-16-6-2-3-9-19-16/h2-6,9-10,13,15,17H,7-8,11-12H2,1H3/t13-,15+,17-/m1/s1. The van der Waals surface area contributed by atoms with Crippen molar-refractivity contribution >= 4 is 0 Å². The third-order valence-corrected chi connectivity index (χ3v) is 4.93. The molecule has 120 valence electrons. The number of pyridine rings is 2. The molecule has 0 N–H and O–H groups in total. The number of rotatable bonds is 5. The van der Waals surface area contributed by atoms with E-state index in [4.69, 9.17) is 9.47 Å². The molecule has 1 aliphatic carbocycles. The van der Waals surface area contributed by atoms with Gasteiger partial charge in [-0.1, -0.05) is 12.1 Å². The van der Waals surface area contributed by atoms with Gasteiger partial charge in [0, 0.05) is 49.1 Å². The summed E-state index contributed by atoms with van der Waals surface area (Å²) in [5, 5.41) is 0. The number of ether oxygens (including phenoxy) is 2. The summed E-state index contributed by atoms with van der Waals surface area (Å²) in [4.78, 5) is 11.1. The molecule has 2 aromatic heterocycles. The van der Waals surface area contributed by atoms with Gasteiger partial charge in [0.1, 0.15) is 6.10 Å². The third kappa shape index (κ3) is 2.77. The van der Waals surface area contributed by atoms with Crippen molar-refractivity contribution in [2.75, 3.05) is 13.7 Å². The van der Waals surface area contributed by atoms with Crippen LogP contribution in [0.15, 0.2) is 42.7 Å². The molecule has 23 heavy (non-hydrogen) atoms. The van der Waals surface area contributed by atoms with Gasteiger partial charge in [-0.15, -0.1) is 0 Å². The van der Waals surface area contributed by atoms with Gasteiger partial charge in [-0.05, 0) is 25.0 Å². The quantitative estimate of drug-likeness (QED) is 0.849. The lowest BCUT2D eigenvalue weighted by molar-refractivity contribution is 0.136. The van der Waals surface area contributed by atoms with Crippen molar-refractivity contribution in [3.8, 4) is 11.8 Å². The fourth-order valence-electron chi connectivity index (χ4n) is 3.91. The molecule has 0 aromatic carbocycles. The van der Waals surface area contributed by atoms with Gasteiger partial charge >= 0.3 is 0 Å². The molecule has 2 aromatic rings. The van der Waals surface area contributed by atoms with Gasteiger partial charge in [0.15, 0.2) is 0 Å². The molecule has 2 aliphatic rings. The molecule has 1 aliphatic heterocycles. The van der Waals surface area contributed by atoms with E-state index >= 15 is 0 Å². The van der Waals surface area contributed by atoms with Crippen molar-refractivity contribution in [3.05, 3.63) is 48.3 Å². The Bertz CT molecular complexity index is 664. The second-order valence-corrected chi connectivity index (χ2v) is 6.26. The largest absolute Gasteiger partial charge is 0.481 e. The van der Waals surface area contributed by atoms with E-state index in [2.05, 4.69) is 20.9 Å². The highest BCUT2D eigenvalue weighted by Gasteiger charge is 2.48. The number of hydrogen-bond donors (Lipinski definition) is 0. The highest BCUT2D eigenvalue weighted by atomic mass is 16.5. The molecule has 3 heterocycles. The Morgan fingerprint density at radius 2 is 2.04 bits per heavy atom. The second-order valence-electron chi connectivity index (χ2n) is 6.26. The summed E-state index contributed by atoms with van der Waals surface area (Å²) in [5.41, 5.74) is 1.14. The first-order valence-corrected chi connectivity index (χ1v) is 8.15. The summed E-state index contributed by atoms with van der Waals surface area (Å²) in [6.07, 6.45) is 6.22. The molecule has 3 atom stereocenters. The van der Waals surface area contributed by atoms with Crippen LogP contribution in [-0.2, 0) is 6.54 Å². The van der Waals surface area contributed by atoms with E-state index in [0.29, 0.717) is 12.0 Å². The zero-order chi connectivity index (χ0) is 15.6. The smallest absolute Gasteiger partial charge is 0.217 e. The van der Waals surface area contributed by atoms with Crippen LogP contribution in [0.25, 0.3) is 0 Å². The zero-order valence-corrected chi connectivity index (χ0v) is 13.3. The number of piperidine rings is 1. The maximum Gasteiger partial charge on any atom is 0.217 e. The van der Waals surface area contributed by atoms with Crippen LogP contribution in [0.3, 0.4) is 0 Å². The van der Waals surface area contributed by atoms with E-state index in [9.17, 15) is 0 Å². The molecule has 2 fully saturated rings. The van der Waals surface area contributed by atoms with E-state index in [1.165, 1.54) is 12.8 Å². The van der Waals surface area contributed by atoms with Crippen LogP contribution in [0.1, 0.15) is 18.4 Å². The van der Waals surface area contributed by atoms with Gasteiger partial charge in [0.05, 0.1) is 7.11 Å². The summed E-state index contributed by atoms with van der Waals surface area (Å²) >= 11 is 0. The normalized spacial score (nSPS) is 26.4. The highest BCUT2D eigenvalue weighted by molar-refractivity contribution is 5.26. The van der Waals surface area contributed by atoms with E-state index in [1.807, 2.05) is 24.3 Å². The van der Waals surface area contributed by atoms with E-state index < -0.39 is 0 Å². The first-order chi connectivity index (χ1) is 11.3. The number of aromatic nitrogens is 2. The molecule has 0 radical (unpaired) electrons. The molecule has 2 bridgehead atoms. The Morgan fingerprint density at radius 1 is 1.13 bits per heavy atom. The maximum absolute atomic E-state index is 6.19. The molecular formula is C18H21N3O2. The molecule has 1 saturated heterocycles. The summed E-state index contributed by atoms with van der Waals surface area (Å²) in [5.74, 6) is 2.04. The summed E-state index contributed by atoms with van der Waals surface area (Å²) in [7, 11) is 1.68. The number of methoxy groups -OCH3 is 1. The topological polar surface area (TPSA) is 47.5 Å². The Balaban J connectivity index is 1.48. The van der Waals surface area contributed by atoms with Crippen LogP contribution in [0, 0.1) is 5.92 Å². The predicted octanol–water partition coefficient (Wildman–Crippen LogP) is 2.53. The molecule has 5 nitrogen and oxygen atoms in total. The monoisotopic (exact) mass is 311 g/mol. The first kappa shape index (κ1) is 14.5. The van der Waals surface area contributed by atoms with Gasteiger partial charge in [-0.25, -0.2) is 9.97 Å². The Labute approximate surface area is 136 Å². The van der Waals surface area contributed by atoms with Crippen molar-refractivity contribution in [1.82, 2.24) is 14.9 Å². The molecule has 5 heteroatoms. The third-order valence-electron chi connectivity index (χ3n) is 4.93. The van der Waals surface area contributed by atoms with Crippen LogP contribution in [0.2, 0.25) is 0 Å². The summed E-state index contributed by atoms with van der Waals surface area (Å²) < 4.78 is 11.6. The number of likely N-dealkylation sites (tertiary alicyclic amines) is 1. The molecule has 0 spiro atoms. The number of fused-ring (bicyclic) bond motifs is 2. The Morgan fingerprint density at radius 3 is 2.87 bits per heavy atom. The van der Waals surface area contributed by atoms with Gasteiger partial charge in [-0.2, -0.15) is 0 Å².